The van der Waals surface area contributed by atoms with Gasteiger partial charge in [-0.05, 0) is 56.2 Å². The lowest BCUT2D eigenvalue weighted by atomic mass is 10.1. The number of nitrogens with zero attached hydrogens (tertiary/aromatic N) is 3. The molecule has 0 aliphatic carbocycles. The molecule has 2 aromatic heterocycles. The van der Waals surface area contributed by atoms with E-state index in [1.807, 2.05) is 32.4 Å². The third-order valence-corrected chi connectivity index (χ3v) is 4.07. The number of aromatic nitrogens is 3. The predicted octanol–water partition coefficient (Wildman–Crippen LogP) is 3.73. The summed E-state index contributed by atoms with van der Waals surface area (Å²) in [5.41, 5.74) is 4.73. The molecule has 3 aromatic rings. The molecule has 4 heteroatoms. The molecule has 0 amide bonds. The molecule has 0 saturated carbocycles. The molecule has 0 bridgehead atoms. The summed E-state index contributed by atoms with van der Waals surface area (Å²) >= 11 is 0. The van der Waals surface area contributed by atoms with Gasteiger partial charge >= 0.3 is 0 Å². The van der Waals surface area contributed by atoms with Crippen LogP contribution in [0.5, 0.6) is 0 Å². The van der Waals surface area contributed by atoms with Gasteiger partial charge in [0.1, 0.15) is 5.82 Å². The first-order valence-corrected chi connectivity index (χ1v) is 7.88. The quantitative estimate of drug-likeness (QED) is 0.781. The Balaban J connectivity index is 1.66. The summed E-state index contributed by atoms with van der Waals surface area (Å²) in [4.78, 5) is 8.50. The number of hydrogen-bond acceptors (Lipinski definition) is 3. The molecular formula is C19H22N4. The summed E-state index contributed by atoms with van der Waals surface area (Å²) in [7, 11) is 0. The zero-order chi connectivity index (χ0) is 16.2. The highest BCUT2D eigenvalue weighted by Gasteiger charge is 2.06. The highest BCUT2D eigenvalue weighted by Crippen LogP contribution is 2.17. The van der Waals surface area contributed by atoms with E-state index in [1.54, 1.807) is 0 Å². The molecule has 1 N–H and O–H groups in total. The standard InChI is InChI=1S/C19H22N4/c1-14-12-17(8-9-20-14)13-22-15(2)18-4-6-19(7-5-18)23-11-10-21-16(23)3/h4-12,15,22H,13H2,1-3H3. The number of pyridine rings is 1. The van der Waals surface area contributed by atoms with Crippen LogP contribution >= 0.6 is 0 Å². The largest absolute Gasteiger partial charge is 0.306 e. The van der Waals surface area contributed by atoms with Crippen LogP contribution in [0.3, 0.4) is 0 Å². The topological polar surface area (TPSA) is 42.7 Å². The molecular weight excluding hydrogens is 284 g/mol. The van der Waals surface area contributed by atoms with Crippen molar-refractivity contribution in [1.82, 2.24) is 19.9 Å². The molecule has 0 radical (unpaired) electrons. The number of nitrogens with one attached hydrogen (secondary N) is 1. The summed E-state index contributed by atoms with van der Waals surface area (Å²) in [5.74, 6) is 0.997. The van der Waals surface area contributed by atoms with Gasteiger partial charge in [-0.3, -0.25) is 4.98 Å². The molecule has 0 aliphatic rings. The maximum atomic E-state index is 4.27. The van der Waals surface area contributed by atoms with Crippen molar-refractivity contribution < 1.29 is 0 Å². The van der Waals surface area contributed by atoms with Crippen LogP contribution in [0.25, 0.3) is 5.69 Å². The minimum absolute atomic E-state index is 0.293. The maximum Gasteiger partial charge on any atom is 0.110 e. The van der Waals surface area contributed by atoms with Crippen molar-refractivity contribution in [3.8, 4) is 5.69 Å². The van der Waals surface area contributed by atoms with Crippen LogP contribution in [0.2, 0.25) is 0 Å². The lowest BCUT2D eigenvalue weighted by Gasteiger charge is -2.15. The monoisotopic (exact) mass is 306 g/mol. The molecule has 0 saturated heterocycles. The third-order valence-electron chi connectivity index (χ3n) is 4.07. The molecule has 1 aromatic carbocycles. The van der Waals surface area contributed by atoms with Crippen LogP contribution in [0, 0.1) is 13.8 Å². The van der Waals surface area contributed by atoms with Crippen LogP contribution < -0.4 is 5.32 Å². The molecule has 1 atom stereocenters. The molecule has 0 spiro atoms. The van der Waals surface area contributed by atoms with Gasteiger partial charge in [-0.15, -0.1) is 0 Å². The van der Waals surface area contributed by atoms with E-state index in [2.05, 4.69) is 63.2 Å². The van der Waals surface area contributed by atoms with Gasteiger partial charge in [0, 0.05) is 42.6 Å². The lowest BCUT2D eigenvalue weighted by Crippen LogP contribution is -2.18. The molecule has 2 heterocycles. The fraction of sp³-hybridized carbons (Fsp3) is 0.263. The highest BCUT2D eigenvalue weighted by molar-refractivity contribution is 5.36. The molecule has 3 rings (SSSR count). The Kier molecular flexibility index (Phi) is 4.53. The Labute approximate surface area is 137 Å². The van der Waals surface area contributed by atoms with E-state index in [0.29, 0.717) is 6.04 Å². The average Bonchev–Trinajstić information content (AvgIpc) is 2.99. The van der Waals surface area contributed by atoms with Crippen LogP contribution in [-0.4, -0.2) is 14.5 Å². The second kappa shape index (κ2) is 6.75. The van der Waals surface area contributed by atoms with Crippen LogP contribution in [0.15, 0.2) is 55.0 Å². The van der Waals surface area contributed by atoms with Gasteiger partial charge in [0.15, 0.2) is 0 Å². The van der Waals surface area contributed by atoms with Crippen molar-refractivity contribution in [1.29, 1.82) is 0 Å². The smallest absolute Gasteiger partial charge is 0.110 e. The Hall–Kier alpha value is -2.46. The number of hydrogen-bond donors (Lipinski definition) is 1. The molecule has 4 nitrogen and oxygen atoms in total. The van der Waals surface area contributed by atoms with Crippen molar-refractivity contribution in [3.63, 3.8) is 0 Å². The Morgan fingerprint density at radius 3 is 2.48 bits per heavy atom. The number of benzene rings is 1. The van der Waals surface area contributed by atoms with E-state index < -0.39 is 0 Å². The zero-order valence-electron chi connectivity index (χ0n) is 13.8. The summed E-state index contributed by atoms with van der Waals surface area (Å²) in [6.45, 7) is 7.05. The minimum Gasteiger partial charge on any atom is -0.306 e. The van der Waals surface area contributed by atoms with Gasteiger partial charge in [0.2, 0.25) is 0 Å². The van der Waals surface area contributed by atoms with Crippen molar-refractivity contribution in [2.24, 2.45) is 0 Å². The van der Waals surface area contributed by atoms with Crippen molar-refractivity contribution in [3.05, 3.63) is 77.6 Å². The molecule has 118 valence electrons. The normalized spacial score (nSPS) is 12.3. The minimum atomic E-state index is 0.293. The predicted molar refractivity (Wildman–Crippen MR) is 92.5 cm³/mol. The van der Waals surface area contributed by atoms with E-state index in [0.717, 1.165) is 23.8 Å². The second-order valence-corrected chi connectivity index (χ2v) is 5.84. The summed E-state index contributed by atoms with van der Waals surface area (Å²) in [6, 6.07) is 13.1. The van der Waals surface area contributed by atoms with Crippen molar-refractivity contribution in [2.75, 3.05) is 0 Å². The zero-order valence-corrected chi connectivity index (χ0v) is 13.8. The first-order chi connectivity index (χ1) is 11.1. The number of aryl methyl sites for hydroxylation is 2. The first kappa shape index (κ1) is 15.4. The van der Waals surface area contributed by atoms with Gasteiger partial charge < -0.3 is 9.88 Å². The Morgan fingerprint density at radius 1 is 1.04 bits per heavy atom. The average molecular weight is 306 g/mol. The number of imidazole rings is 1. The fourth-order valence-corrected chi connectivity index (χ4v) is 2.68. The molecule has 0 fully saturated rings. The van der Waals surface area contributed by atoms with Crippen molar-refractivity contribution >= 4 is 0 Å². The van der Waals surface area contributed by atoms with E-state index in [1.165, 1.54) is 11.1 Å². The maximum absolute atomic E-state index is 4.27. The third kappa shape index (κ3) is 3.66. The van der Waals surface area contributed by atoms with E-state index in [-0.39, 0.29) is 0 Å². The van der Waals surface area contributed by atoms with E-state index >= 15 is 0 Å². The molecule has 0 aliphatic heterocycles. The van der Waals surface area contributed by atoms with Crippen LogP contribution in [0.4, 0.5) is 0 Å². The van der Waals surface area contributed by atoms with E-state index in [9.17, 15) is 0 Å². The molecule has 1 unspecified atom stereocenters. The lowest BCUT2D eigenvalue weighted by molar-refractivity contribution is 0.574. The fourth-order valence-electron chi connectivity index (χ4n) is 2.68. The van der Waals surface area contributed by atoms with Gasteiger partial charge in [0.25, 0.3) is 0 Å². The summed E-state index contributed by atoms with van der Waals surface area (Å²) in [5, 5.41) is 3.56. The SMILES string of the molecule is Cc1cc(CNC(C)c2ccc(-n3ccnc3C)cc2)ccn1. The van der Waals surface area contributed by atoms with Gasteiger partial charge in [0.05, 0.1) is 0 Å². The summed E-state index contributed by atoms with van der Waals surface area (Å²) < 4.78 is 2.08. The summed E-state index contributed by atoms with van der Waals surface area (Å²) in [6.07, 6.45) is 5.67. The van der Waals surface area contributed by atoms with Gasteiger partial charge in [-0.1, -0.05) is 12.1 Å². The van der Waals surface area contributed by atoms with Gasteiger partial charge in [-0.25, -0.2) is 4.98 Å². The first-order valence-electron chi connectivity index (χ1n) is 7.88. The number of rotatable bonds is 5. The Morgan fingerprint density at radius 2 is 1.83 bits per heavy atom. The molecule has 23 heavy (non-hydrogen) atoms. The second-order valence-electron chi connectivity index (χ2n) is 5.84. The Bertz CT molecular complexity index is 774. The van der Waals surface area contributed by atoms with E-state index in [4.69, 9.17) is 0 Å². The highest BCUT2D eigenvalue weighted by atomic mass is 15.1. The van der Waals surface area contributed by atoms with Gasteiger partial charge in [-0.2, -0.15) is 0 Å². The van der Waals surface area contributed by atoms with Crippen LogP contribution in [-0.2, 0) is 6.54 Å². The van der Waals surface area contributed by atoms with Crippen LogP contribution in [0.1, 0.15) is 35.6 Å². The van der Waals surface area contributed by atoms with Crippen molar-refractivity contribution in [2.45, 2.75) is 33.4 Å².